The summed E-state index contributed by atoms with van der Waals surface area (Å²) in [7, 11) is 0. The zero-order valence-electron chi connectivity index (χ0n) is 12.6. The van der Waals surface area contributed by atoms with E-state index in [-0.39, 0.29) is 0 Å². The molecule has 0 atom stereocenters. The summed E-state index contributed by atoms with van der Waals surface area (Å²) in [6.07, 6.45) is -17.0. The molecule has 0 amide bonds. The molecule has 0 aromatic rings. The minimum absolute atomic E-state index is 8.39. The van der Waals surface area contributed by atoms with Crippen molar-refractivity contribution in [2.24, 2.45) is 5.41 Å². The van der Waals surface area contributed by atoms with Gasteiger partial charge in [0.2, 0.25) is 0 Å². The summed E-state index contributed by atoms with van der Waals surface area (Å²) in [5.41, 5.74) is -9.51. The first-order chi connectivity index (χ1) is 12.5. The summed E-state index contributed by atoms with van der Waals surface area (Å²) in [6, 6.07) is 0. The van der Waals surface area contributed by atoms with Crippen LogP contribution in [0.15, 0.2) is 0 Å². The number of halogens is 20. The summed E-state index contributed by atoms with van der Waals surface area (Å²) < 4.78 is 262. The summed E-state index contributed by atoms with van der Waals surface area (Å²) >= 11 is 0. The highest BCUT2D eigenvalue weighted by molar-refractivity contribution is 5.33. The lowest BCUT2D eigenvalue weighted by molar-refractivity contribution is -0.566. The fraction of sp³-hybridized carbons (Fsp3) is 1.00. The third-order valence-electron chi connectivity index (χ3n) is 4.17. The van der Waals surface area contributed by atoms with Crippen molar-refractivity contribution in [1.29, 1.82) is 0 Å². The standard InChI is InChI=1S/C10F20/c11-2(12)1(4(15,16)9(25,26)27,5(17,18)10(28,29)30)3(13,14)7(21,22)8(23,24)6(2,19)20. The van der Waals surface area contributed by atoms with E-state index in [0.29, 0.717) is 0 Å². The quantitative estimate of drug-likeness (QED) is 0.377. The Balaban J connectivity index is 4.58. The number of hydrogen-bond acceptors (Lipinski definition) is 0. The average Bonchev–Trinajstić information content (AvgIpc) is 2.42. The molecule has 0 spiro atoms. The molecule has 1 fully saturated rings. The Morgan fingerprint density at radius 2 is 0.467 bits per heavy atom. The molecule has 1 rings (SSSR count). The fourth-order valence-electron chi connectivity index (χ4n) is 2.67. The van der Waals surface area contributed by atoms with E-state index < -0.39 is 59.2 Å². The second-order valence-corrected chi connectivity index (χ2v) is 5.77. The second kappa shape index (κ2) is 5.69. The summed E-state index contributed by atoms with van der Waals surface area (Å²) in [4.78, 5) is 0. The topological polar surface area (TPSA) is 0 Å². The molecule has 1 saturated carbocycles. The molecule has 1 aliphatic carbocycles. The summed E-state index contributed by atoms with van der Waals surface area (Å²) in [6.45, 7) is 0. The van der Waals surface area contributed by atoms with Gasteiger partial charge in [-0.2, -0.15) is 87.8 Å². The number of alkyl halides is 20. The van der Waals surface area contributed by atoms with Crippen LogP contribution in [0.25, 0.3) is 0 Å². The van der Waals surface area contributed by atoms with E-state index in [0.717, 1.165) is 0 Å². The van der Waals surface area contributed by atoms with Crippen molar-refractivity contribution in [3.8, 4) is 0 Å². The first-order valence-corrected chi connectivity index (χ1v) is 6.28. The van der Waals surface area contributed by atoms with E-state index in [2.05, 4.69) is 0 Å². The van der Waals surface area contributed by atoms with E-state index in [1.165, 1.54) is 0 Å². The Morgan fingerprint density at radius 3 is 0.633 bits per heavy atom. The Bertz CT molecular complexity index is 629. The van der Waals surface area contributed by atoms with Crippen LogP contribution in [0.2, 0.25) is 0 Å². The van der Waals surface area contributed by atoms with Crippen LogP contribution in [0.4, 0.5) is 87.8 Å². The maximum atomic E-state index is 13.7. The molecule has 0 radical (unpaired) electrons. The van der Waals surface area contributed by atoms with Crippen LogP contribution in [-0.4, -0.2) is 53.8 Å². The van der Waals surface area contributed by atoms with Gasteiger partial charge in [-0.1, -0.05) is 0 Å². The van der Waals surface area contributed by atoms with Gasteiger partial charge in [-0.3, -0.25) is 0 Å². The molecule has 0 bridgehead atoms. The molecule has 0 aliphatic heterocycles. The number of hydrogen-bond donors (Lipinski definition) is 0. The number of rotatable bonds is 2. The Labute approximate surface area is 148 Å². The van der Waals surface area contributed by atoms with Gasteiger partial charge in [0.15, 0.2) is 0 Å². The lowest BCUT2D eigenvalue weighted by atomic mass is 9.56. The van der Waals surface area contributed by atoms with Gasteiger partial charge < -0.3 is 0 Å². The van der Waals surface area contributed by atoms with Gasteiger partial charge in [-0.15, -0.1) is 0 Å². The van der Waals surface area contributed by atoms with Crippen LogP contribution in [0.5, 0.6) is 0 Å². The van der Waals surface area contributed by atoms with Crippen molar-refractivity contribution < 1.29 is 87.8 Å². The molecule has 0 heterocycles. The SMILES string of the molecule is FC(F)(F)C(F)(F)C1(C(F)(F)C(F)(F)F)C(F)(F)C(F)(F)C(F)(F)C(F)(F)C1(F)F. The van der Waals surface area contributed by atoms with Crippen molar-refractivity contribution in [2.75, 3.05) is 0 Å². The van der Waals surface area contributed by atoms with E-state index in [9.17, 15) is 87.8 Å². The minimum atomic E-state index is -9.51. The van der Waals surface area contributed by atoms with Crippen LogP contribution >= 0.6 is 0 Å². The van der Waals surface area contributed by atoms with E-state index >= 15 is 0 Å². The molecule has 30 heavy (non-hydrogen) atoms. The van der Waals surface area contributed by atoms with Gasteiger partial charge in [-0.05, 0) is 0 Å². The lowest BCUT2D eigenvalue weighted by Crippen LogP contribution is -2.91. The normalized spacial score (nSPS) is 27.6. The van der Waals surface area contributed by atoms with Gasteiger partial charge in [0, 0.05) is 0 Å². The zero-order chi connectivity index (χ0) is 25.0. The van der Waals surface area contributed by atoms with E-state index in [1.807, 2.05) is 0 Å². The fourth-order valence-corrected chi connectivity index (χ4v) is 2.67. The summed E-state index contributed by atoms with van der Waals surface area (Å²) in [5.74, 6) is -62.5. The van der Waals surface area contributed by atoms with Gasteiger partial charge in [-0.25, -0.2) is 0 Å². The van der Waals surface area contributed by atoms with Crippen molar-refractivity contribution in [1.82, 2.24) is 0 Å². The Hall–Kier alpha value is -1.40. The van der Waals surface area contributed by atoms with Crippen molar-refractivity contribution in [3.05, 3.63) is 0 Å². The van der Waals surface area contributed by atoms with Crippen LogP contribution < -0.4 is 0 Å². The maximum Gasteiger partial charge on any atom is 0.454 e. The highest BCUT2D eigenvalue weighted by Crippen LogP contribution is 2.81. The predicted molar refractivity (Wildman–Crippen MR) is 49.2 cm³/mol. The first-order valence-electron chi connectivity index (χ1n) is 6.28. The van der Waals surface area contributed by atoms with Crippen molar-refractivity contribution in [2.45, 2.75) is 53.8 Å². The third kappa shape index (κ3) is 2.22. The van der Waals surface area contributed by atoms with Gasteiger partial charge in [0.1, 0.15) is 0 Å². The summed E-state index contributed by atoms with van der Waals surface area (Å²) in [5, 5.41) is 0. The van der Waals surface area contributed by atoms with Gasteiger partial charge in [0.05, 0.1) is 0 Å². The molecule has 20 heteroatoms. The van der Waals surface area contributed by atoms with Crippen LogP contribution in [-0.2, 0) is 0 Å². The molecule has 0 unspecified atom stereocenters. The molecule has 0 nitrogen and oxygen atoms in total. The molecule has 0 aromatic carbocycles. The molecular formula is C10F20. The highest BCUT2D eigenvalue weighted by atomic mass is 19.4. The molecule has 180 valence electrons. The van der Waals surface area contributed by atoms with Crippen molar-refractivity contribution in [3.63, 3.8) is 0 Å². The Kier molecular flexibility index (Phi) is 5.05. The average molecular weight is 500 g/mol. The second-order valence-electron chi connectivity index (χ2n) is 5.77. The Morgan fingerprint density at radius 1 is 0.300 bits per heavy atom. The largest absolute Gasteiger partial charge is 0.454 e. The predicted octanol–water partition coefficient (Wildman–Crippen LogP) is 6.56. The lowest BCUT2D eigenvalue weighted by Gasteiger charge is -2.59. The molecule has 1 aliphatic rings. The van der Waals surface area contributed by atoms with E-state index in [4.69, 9.17) is 0 Å². The van der Waals surface area contributed by atoms with Crippen LogP contribution in [0, 0.1) is 5.41 Å². The minimum Gasteiger partial charge on any atom is -0.198 e. The van der Waals surface area contributed by atoms with Crippen LogP contribution in [0.3, 0.4) is 0 Å². The smallest absolute Gasteiger partial charge is 0.198 e. The zero-order valence-corrected chi connectivity index (χ0v) is 12.6. The molecule has 0 aromatic heterocycles. The maximum absolute atomic E-state index is 13.7. The van der Waals surface area contributed by atoms with Crippen molar-refractivity contribution >= 4 is 0 Å². The molecule has 0 saturated heterocycles. The van der Waals surface area contributed by atoms with Gasteiger partial charge >= 0.3 is 53.8 Å². The van der Waals surface area contributed by atoms with Crippen LogP contribution in [0.1, 0.15) is 0 Å². The first kappa shape index (κ1) is 26.6. The molecule has 0 N–H and O–H groups in total. The third-order valence-corrected chi connectivity index (χ3v) is 4.17. The van der Waals surface area contributed by atoms with Gasteiger partial charge in [0.25, 0.3) is 5.41 Å². The molecular weight excluding hydrogens is 500 g/mol. The van der Waals surface area contributed by atoms with E-state index in [1.54, 1.807) is 0 Å². The highest BCUT2D eigenvalue weighted by Gasteiger charge is 3.11. The monoisotopic (exact) mass is 500 g/mol.